The number of aryl methyl sites for hydroxylation is 2. The van der Waals surface area contributed by atoms with E-state index in [1.54, 1.807) is 16.7 Å². The van der Waals surface area contributed by atoms with Gasteiger partial charge in [-0.05, 0) is 129 Å². The van der Waals surface area contributed by atoms with Crippen molar-refractivity contribution in [3.05, 3.63) is 126 Å². The van der Waals surface area contributed by atoms with Gasteiger partial charge in [-0.2, -0.15) is 0 Å². The van der Waals surface area contributed by atoms with Gasteiger partial charge in [-0.15, -0.1) is 0 Å². The minimum atomic E-state index is 0.781. The Bertz CT molecular complexity index is 2260. The molecule has 1 unspecified atom stereocenters. The fourth-order valence-corrected chi connectivity index (χ4v) is 8.88. The van der Waals surface area contributed by atoms with Crippen molar-refractivity contribution in [3.63, 3.8) is 0 Å². The van der Waals surface area contributed by atoms with E-state index in [-0.39, 0.29) is 0 Å². The number of benzene rings is 7. The molecule has 0 spiro atoms. The predicted molar refractivity (Wildman–Crippen MR) is 179 cm³/mol. The zero-order valence-electron chi connectivity index (χ0n) is 23.7. The molecule has 1 atom stereocenters. The van der Waals surface area contributed by atoms with Crippen LogP contribution >= 0.6 is 0 Å². The summed E-state index contributed by atoms with van der Waals surface area (Å²) in [6.45, 7) is 0. The summed E-state index contributed by atoms with van der Waals surface area (Å²) in [5.41, 5.74) is 11.4. The molecule has 1 nitrogen and oxygen atoms in total. The lowest BCUT2D eigenvalue weighted by Gasteiger charge is -2.34. The highest BCUT2D eigenvalue weighted by Crippen LogP contribution is 2.49. The minimum Gasteiger partial charge on any atom is -0.309 e. The van der Waals surface area contributed by atoms with E-state index in [1.807, 2.05) is 0 Å². The second-order valence-corrected chi connectivity index (χ2v) is 12.6. The molecular weight excluding hydrogens is 506 g/mol. The third kappa shape index (κ3) is 2.98. The molecule has 0 N–H and O–H groups in total. The Morgan fingerprint density at radius 3 is 1.79 bits per heavy atom. The zero-order valence-corrected chi connectivity index (χ0v) is 23.7. The number of rotatable bonds is 2. The molecule has 2 aliphatic rings. The summed E-state index contributed by atoms with van der Waals surface area (Å²) in [6, 6.07) is 41.1. The maximum Gasteiger partial charge on any atom is 0.0541 e. The molecule has 10 rings (SSSR count). The van der Waals surface area contributed by atoms with Gasteiger partial charge in [0.1, 0.15) is 0 Å². The molecule has 1 heterocycles. The van der Waals surface area contributed by atoms with Crippen LogP contribution < -0.4 is 0 Å². The van der Waals surface area contributed by atoms with Crippen molar-refractivity contribution in [2.75, 3.05) is 0 Å². The third-order valence-electron chi connectivity index (χ3n) is 10.6. The summed E-state index contributed by atoms with van der Waals surface area (Å²) < 4.78 is 2.40. The lowest BCUT2D eigenvalue weighted by Crippen LogP contribution is -2.18. The summed E-state index contributed by atoms with van der Waals surface area (Å²) in [5.74, 6) is 0.781. The Labute approximate surface area is 245 Å². The maximum atomic E-state index is 2.46. The fourth-order valence-electron chi connectivity index (χ4n) is 8.88. The molecule has 1 heteroatoms. The van der Waals surface area contributed by atoms with Gasteiger partial charge < -0.3 is 4.57 Å². The van der Waals surface area contributed by atoms with E-state index in [1.165, 1.54) is 109 Å². The summed E-state index contributed by atoms with van der Waals surface area (Å²) in [5, 5.41) is 11.4. The number of fused-ring (bicyclic) bond motifs is 5. The van der Waals surface area contributed by atoms with Crippen LogP contribution in [0.2, 0.25) is 0 Å². The van der Waals surface area contributed by atoms with Gasteiger partial charge in [0, 0.05) is 16.5 Å². The highest BCUT2D eigenvalue weighted by Gasteiger charge is 2.30. The predicted octanol–water partition coefficient (Wildman–Crippen LogP) is 11.1. The zero-order chi connectivity index (χ0) is 27.4. The Balaban J connectivity index is 1.18. The molecule has 0 saturated heterocycles. The largest absolute Gasteiger partial charge is 0.309 e. The van der Waals surface area contributed by atoms with E-state index in [4.69, 9.17) is 0 Å². The van der Waals surface area contributed by atoms with Gasteiger partial charge in [-0.1, -0.05) is 84.9 Å². The monoisotopic (exact) mass is 537 g/mol. The second kappa shape index (κ2) is 8.46. The molecule has 7 aromatic carbocycles. The number of para-hydroxylation sites is 2. The van der Waals surface area contributed by atoms with Gasteiger partial charge >= 0.3 is 0 Å². The van der Waals surface area contributed by atoms with Crippen LogP contribution in [-0.2, 0) is 12.8 Å². The van der Waals surface area contributed by atoms with Crippen LogP contribution in [0.5, 0.6) is 0 Å². The van der Waals surface area contributed by atoms with Gasteiger partial charge in [0.15, 0.2) is 0 Å². The first-order valence-corrected chi connectivity index (χ1v) is 15.7. The van der Waals surface area contributed by atoms with Crippen LogP contribution in [-0.4, -0.2) is 4.57 Å². The van der Waals surface area contributed by atoms with Gasteiger partial charge in [-0.3, -0.25) is 0 Å². The van der Waals surface area contributed by atoms with Crippen molar-refractivity contribution in [2.45, 2.75) is 44.4 Å². The van der Waals surface area contributed by atoms with Gasteiger partial charge in [0.05, 0.1) is 11.0 Å². The average molecular weight is 538 g/mol. The Kier molecular flexibility index (Phi) is 4.63. The molecule has 0 aliphatic heterocycles. The molecule has 200 valence electrons. The van der Waals surface area contributed by atoms with E-state index in [0.29, 0.717) is 0 Å². The quantitative estimate of drug-likeness (QED) is 0.193. The molecule has 0 saturated carbocycles. The van der Waals surface area contributed by atoms with Crippen LogP contribution in [0.3, 0.4) is 0 Å². The number of hydrogen-bond acceptors (Lipinski definition) is 0. The number of hydrogen-bond donors (Lipinski definition) is 0. The van der Waals surface area contributed by atoms with Gasteiger partial charge in [-0.25, -0.2) is 0 Å². The van der Waals surface area contributed by atoms with Crippen molar-refractivity contribution in [1.82, 2.24) is 4.57 Å². The van der Waals surface area contributed by atoms with Crippen LogP contribution in [0.15, 0.2) is 109 Å². The molecule has 0 radical (unpaired) electrons. The van der Waals surface area contributed by atoms with Crippen LogP contribution in [0.1, 0.15) is 48.3 Å². The van der Waals surface area contributed by atoms with Crippen molar-refractivity contribution < 1.29 is 0 Å². The van der Waals surface area contributed by atoms with E-state index < -0.39 is 0 Å². The van der Waals surface area contributed by atoms with Gasteiger partial charge in [0.25, 0.3) is 0 Å². The smallest absolute Gasteiger partial charge is 0.0541 e. The first-order valence-electron chi connectivity index (χ1n) is 15.7. The Morgan fingerprint density at radius 2 is 1.10 bits per heavy atom. The van der Waals surface area contributed by atoms with Crippen molar-refractivity contribution in [3.8, 4) is 16.8 Å². The number of nitrogens with zero attached hydrogens (tertiary/aromatic N) is 1. The SMILES string of the molecule is c1ccc2c(c1)c1ccccc1n2-c1ccc(-c2ccc3ccc4c5c6c(c7ccc2c3c47)CCCC6CCC5)cc1. The van der Waals surface area contributed by atoms with E-state index in [9.17, 15) is 0 Å². The first-order chi connectivity index (χ1) is 20.8. The Morgan fingerprint density at radius 1 is 0.500 bits per heavy atom. The maximum absolute atomic E-state index is 2.46. The molecular formula is C41H31N. The van der Waals surface area contributed by atoms with E-state index >= 15 is 0 Å². The van der Waals surface area contributed by atoms with Gasteiger partial charge in [0.2, 0.25) is 0 Å². The van der Waals surface area contributed by atoms with E-state index in [2.05, 4.69) is 114 Å². The molecule has 2 aliphatic carbocycles. The van der Waals surface area contributed by atoms with E-state index in [0.717, 1.165) is 5.92 Å². The molecule has 1 aromatic heterocycles. The number of aromatic nitrogens is 1. The molecule has 42 heavy (non-hydrogen) atoms. The van der Waals surface area contributed by atoms with Crippen molar-refractivity contribution in [1.29, 1.82) is 0 Å². The summed E-state index contributed by atoms with van der Waals surface area (Å²) in [7, 11) is 0. The van der Waals surface area contributed by atoms with Crippen LogP contribution in [0.4, 0.5) is 0 Å². The minimum absolute atomic E-state index is 0.781. The summed E-state index contributed by atoms with van der Waals surface area (Å²) >= 11 is 0. The second-order valence-electron chi connectivity index (χ2n) is 12.6. The van der Waals surface area contributed by atoms with Crippen LogP contribution in [0.25, 0.3) is 70.9 Å². The van der Waals surface area contributed by atoms with Crippen molar-refractivity contribution in [2.24, 2.45) is 0 Å². The lowest BCUT2D eigenvalue weighted by atomic mass is 9.70. The standard InChI is InChI=1S/C41H31N/c1-3-13-37-30(9-1)31-10-2-4-14-38(31)42(37)28-19-15-25(16-20-28)29-21-17-27-18-22-35-32-11-5-7-26-8-6-12-33(39(26)32)36-24-23-34(29)40(27)41(35)36/h1-4,9-10,13-24,26H,5-8,11-12H2. The first kappa shape index (κ1) is 23.0. The molecule has 8 aromatic rings. The third-order valence-corrected chi connectivity index (χ3v) is 10.6. The average Bonchev–Trinajstić information content (AvgIpc) is 3.39. The molecule has 0 bridgehead atoms. The topological polar surface area (TPSA) is 4.93 Å². The Hall–Kier alpha value is -4.62. The van der Waals surface area contributed by atoms with Crippen LogP contribution in [0, 0.1) is 0 Å². The summed E-state index contributed by atoms with van der Waals surface area (Å²) in [6.07, 6.45) is 7.91. The molecule has 0 fully saturated rings. The van der Waals surface area contributed by atoms with Crippen molar-refractivity contribution >= 4 is 54.1 Å². The summed E-state index contributed by atoms with van der Waals surface area (Å²) in [4.78, 5) is 0. The highest BCUT2D eigenvalue weighted by atomic mass is 15.0. The fraction of sp³-hybridized carbons (Fsp3) is 0.171. The normalized spacial score (nSPS) is 16.7. The lowest BCUT2D eigenvalue weighted by molar-refractivity contribution is 0.480. The highest BCUT2D eigenvalue weighted by molar-refractivity contribution is 6.27. The molecule has 0 amide bonds.